The highest BCUT2D eigenvalue weighted by Gasteiger charge is 2.48. The van der Waals surface area contributed by atoms with Crippen LogP contribution < -0.4 is 0 Å². The number of allylic oxidation sites excluding steroid dienone is 4. The van der Waals surface area contributed by atoms with Crippen molar-refractivity contribution in [2.75, 3.05) is 7.11 Å². The molecule has 5 rings (SSSR count). The van der Waals surface area contributed by atoms with Crippen LogP contribution in [0, 0.1) is 5.82 Å². The number of methoxy groups -OCH3 is 1. The molecule has 0 bridgehead atoms. The van der Waals surface area contributed by atoms with E-state index in [4.69, 9.17) is 0 Å². The van der Waals surface area contributed by atoms with Gasteiger partial charge in [0.1, 0.15) is 5.83 Å². The molecular weight excluding hydrogens is 436 g/mol. The van der Waals surface area contributed by atoms with Gasteiger partial charge >= 0.3 is 0 Å². The van der Waals surface area contributed by atoms with Crippen LogP contribution in [0.15, 0.2) is 85.6 Å². The van der Waals surface area contributed by atoms with Crippen molar-refractivity contribution in [3.05, 3.63) is 108 Å². The maximum atomic E-state index is 15.1. The van der Waals surface area contributed by atoms with Crippen LogP contribution in [-0.2, 0) is 10.2 Å². The molecule has 7 heteroatoms. The van der Waals surface area contributed by atoms with Crippen LogP contribution in [-0.4, -0.2) is 32.9 Å². The Labute approximate surface area is 195 Å². The zero-order chi connectivity index (χ0) is 23.9. The summed E-state index contributed by atoms with van der Waals surface area (Å²) in [6.45, 7) is 3.74. The Hall–Kier alpha value is -3.68. The summed E-state index contributed by atoms with van der Waals surface area (Å²) >= 11 is 0. The highest BCUT2D eigenvalue weighted by Crippen LogP contribution is 2.54. The number of rotatable bonds is 7. The lowest BCUT2D eigenvalue weighted by Crippen LogP contribution is -2.12. The van der Waals surface area contributed by atoms with Crippen LogP contribution >= 0.6 is 0 Å². The van der Waals surface area contributed by atoms with Gasteiger partial charge in [0.25, 0.3) is 0 Å². The quantitative estimate of drug-likeness (QED) is 0.293. The molecule has 172 valence electrons. The van der Waals surface area contributed by atoms with E-state index in [1.54, 1.807) is 23.0 Å². The Balaban J connectivity index is 1.61. The van der Waals surface area contributed by atoms with E-state index in [9.17, 15) is 9.50 Å². The minimum Gasteiger partial charge on any atom is -0.365 e. The van der Waals surface area contributed by atoms with Crippen molar-refractivity contribution < 1.29 is 18.6 Å². The Bertz CT molecular complexity index is 1470. The molecule has 0 saturated heterocycles. The van der Waals surface area contributed by atoms with Gasteiger partial charge in [0.2, 0.25) is 0 Å². The third kappa shape index (κ3) is 3.83. The van der Waals surface area contributed by atoms with Crippen LogP contribution in [0.3, 0.4) is 0 Å². The van der Waals surface area contributed by atoms with Gasteiger partial charge < -0.3 is 14.2 Å². The first-order chi connectivity index (χ1) is 16.4. The van der Waals surface area contributed by atoms with E-state index in [0.29, 0.717) is 11.1 Å². The first kappa shape index (κ1) is 22.1. The number of aliphatic hydroxyl groups excluding tert-OH is 1. The molecule has 0 radical (unpaired) electrons. The molecule has 1 N–H and O–H groups in total. The van der Waals surface area contributed by atoms with Crippen LogP contribution in [0.1, 0.15) is 29.7 Å². The lowest BCUT2D eigenvalue weighted by atomic mass is 9.91. The molecule has 5 nitrogen and oxygen atoms in total. The molecule has 0 spiro atoms. The van der Waals surface area contributed by atoms with Crippen molar-refractivity contribution in [2.24, 2.45) is 0 Å². The summed E-state index contributed by atoms with van der Waals surface area (Å²) < 4.78 is 35.8. The molecule has 1 aliphatic rings. The van der Waals surface area contributed by atoms with E-state index in [0.717, 1.165) is 41.1 Å². The highest BCUT2D eigenvalue weighted by molar-refractivity contribution is 5.80. The summed E-state index contributed by atoms with van der Waals surface area (Å²) in [7, 11) is 1.26. The highest BCUT2D eigenvalue weighted by atomic mass is 19.1. The smallest absolute Gasteiger partial charge is 0.176 e. The van der Waals surface area contributed by atoms with E-state index in [2.05, 4.69) is 33.4 Å². The first-order valence-corrected chi connectivity index (χ1v) is 10.9. The number of pyridine rings is 2. The largest absolute Gasteiger partial charge is 0.365 e. The topological polar surface area (TPSA) is 59.7 Å². The molecule has 1 saturated carbocycles. The predicted molar refractivity (Wildman–Crippen MR) is 127 cm³/mol. The number of hydrogen-bond acceptors (Lipinski definition) is 4. The molecule has 0 aliphatic heterocycles. The molecule has 4 aromatic rings. The summed E-state index contributed by atoms with van der Waals surface area (Å²) in [6, 6.07) is 11.4. The van der Waals surface area contributed by atoms with Gasteiger partial charge in [-0.15, -0.1) is 0 Å². The normalized spacial score (nSPS) is 16.7. The maximum absolute atomic E-state index is 15.1. The van der Waals surface area contributed by atoms with Crippen molar-refractivity contribution in [1.82, 2.24) is 14.4 Å². The second-order valence-electron chi connectivity index (χ2n) is 8.39. The van der Waals surface area contributed by atoms with Crippen molar-refractivity contribution in [3.8, 4) is 0 Å². The maximum Gasteiger partial charge on any atom is 0.176 e. The van der Waals surface area contributed by atoms with Gasteiger partial charge in [-0.1, -0.05) is 24.8 Å². The van der Waals surface area contributed by atoms with E-state index in [1.807, 2.05) is 18.2 Å². The third-order valence-corrected chi connectivity index (χ3v) is 6.35. The number of halogens is 2. The average molecular weight is 459 g/mol. The Morgan fingerprint density at radius 1 is 1.26 bits per heavy atom. The number of nitrogens with zero attached hydrogens (tertiary/aromatic N) is 3. The number of ether oxygens (including phenoxy) is 1. The summed E-state index contributed by atoms with van der Waals surface area (Å²) in [4.78, 5) is 8.74. The van der Waals surface area contributed by atoms with Crippen molar-refractivity contribution in [1.29, 1.82) is 0 Å². The number of fused-ring (bicyclic) bond motifs is 2. The van der Waals surface area contributed by atoms with Gasteiger partial charge in [-0.3, -0.25) is 4.98 Å². The fourth-order valence-electron chi connectivity index (χ4n) is 4.41. The number of aromatic nitrogens is 3. The average Bonchev–Trinajstić information content (AvgIpc) is 3.54. The Morgan fingerprint density at radius 2 is 2.09 bits per heavy atom. The van der Waals surface area contributed by atoms with E-state index >= 15 is 4.39 Å². The van der Waals surface area contributed by atoms with Crippen LogP contribution in [0.2, 0.25) is 0 Å². The fourth-order valence-corrected chi connectivity index (χ4v) is 4.41. The first-order valence-electron chi connectivity index (χ1n) is 10.9. The number of benzene rings is 1. The lowest BCUT2D eigenvalue weighted by molar-refractivity contribution is -0.0367. The van der Waals surface area contributed by atoms with E-state index < -0.39 is 17.9 Å². The monoisotopic (exact) mass is 459 g/mol. The SMILES string of the molecule is C=C/C(=C\C(F)=C\C(O)OC)c1cc(F)c2ncc(C3(c4ccc5ncccc5c4)CC3)n2c1. The van der Waals surface area contributed by atoms with Gasteiger partial charge in [0.15, 0.2) is 17.8 Å². The molecule has 1 atom stereocenters. The van der Waals surface area contributed by atoms with Crippen LogP contribution in [0.5, 0.6) is 0 Å². The number of imidazole rings is 1. The van der Waals surface area contributed by atoms with Gasteiger partial charge in [0, 0.05) is 41.9 Å². The second kappa shape index (κ2) is 8.59. The minimum absolute atomic E-state index is 0.210. The molecule has 0 amide bonds. The molecule has 1 fully saturated rings. The zero-order valence-electron chi connectivity index (χ0n) is 18.6. The Morgan fingerprint density at radius 3 is 2.82 bits per heavy atom. The lowest BCUT2D eigenvalue weighted by Gasteiger charge is -2.17. The second-order valence-corrected chi connectivity index (χ2v) is 8.39. The van der Waals surface area contributed by atoms with Gasteiger partial charge in [0.05, 0.1) is 17.4 Å². The molecule has 34 heavy (non-hydrogen) atoms. The molecule has 1 aliphatic carbocycles. The number of aliphatic hydroxyl groups is 1. The minimum atomic E-state index is -1.38. The molecule has 3 heterocycles. The summed E-state index contributed by atoms with van der Waals surface area (Å²) in [6.07, 6.45) is 9.20. The fraction of sp³-hybridized carbons (Fsp3) is 0.185. The van der Waals surface area contributed by atoms with Gasteiger partial charge in [-0.2, -0.15) is 0 Å². The van der Waals surface area contributed by atoms with Gasteiger partial charge in [-0.25, -0.2) is 13.8 Å². The molecule has 3 aromatic heterocycles. The Kier molecular flexibility index (Phi) is 5.59. The van der Waals surface area contributed by atoms with Crippen molar-refractivity contribution in [3.63, 3.8) is 0 Å². The summed E-state index contributed by atoms with van der Waals surface area (Å²) in [5, 5.41) is 10.5. The molecule has 1 aromatic carbocycles. The molecule has 1 unspecified atom stereocenters. The van der Waals surface area contributed by atoms with Crippen LogP contribution in [0.25, 0.3) is 22.1 Å². The molecular formula is C27H23F2N3O2. The number of hydrogen-bond donors (Lipinski definition) is 1. The summed E-state index contributed by atoms with van der Waals surface area (Å²) in [5.74, 6) is -1.24. The predicted octanol–water partition coefficient (Wildman–Crippen LogP) is 5.49. The standard InChI is InChI=1S/C27H23F2N3O2/c1-3-17(12-21(28)14-25(33)34-2)19-13-22(29)26-31-15-24(32(26)16-19)27(8-9-27)20-6-7-23-18(11-20)5-4-10-30-23/h3-7,10-16,25,33H,1,8-9H2,2H3/b17-12+,21-14-. The van der Waals surface area contributed by atoms with Crippen LogP contribution in [0.4, 0.5) is 8.78 Å². The van der Waals surface area contributed by atoms with Gasteiger partial charge in [-0.05, 0) is 54.3 Å². The summed E-state index contributed by atoms with van der Waals surface area (Å²) in [5.41, 5.74) is 3.65. The van der Waals surface area contributed by atoms with E-state index in [1.165, 1.54) is 25.3 Å². The van der Waals surface area contributed by atoms with Crippen molar-refractivity contribution in [2.45, 2.75) is 24.5 Å². The third-order valence-electron chi connectivity index (χ3n) is 6.35. The van der Waals surface area contributed by atoms with Crippen molar-refractivity contribution >= 4 is 22.1 Å². The van der Waals surface area contributed by atoms with E-state index in [-0.39, 0.29) is 11.1 Å². The zero-order valence-corrected chi connectivity index (χ0v) is 18.6.